The summed E-state index contributed by atoms with van der Waals surface area (Å²) >= 11 is 1.85. The number of thioether (sulfide) groups is 1. The molecule has 1 rings (SSSR count). The molecule has 0 radical (unpaired) electrons. The van der Waals surface area contributed by atoms with Gasteiger partial charge >= 0.3 is 0 Å². The maximum Gasteiger partial charge on any atom is 0.0958 e. The highest BCUT2D eigenvalue weighted by Gasteiger charge is 2.38. The van der Waals surface area contributed by atoms with Crippen LogP contribution in [-0.4, -0.2) is 36.9 Å². The molecule has 0 aromatic rings. The minimum absolute atomic E-state index is 0.162. The molecule has 1 heterocycles. The number of hydrogen-bond donors (Lipinski definition) is 0. The van der Waals surface area contributed by atoms with Crippen LogP contribution < -0.4 is 0 Å². The van der Waals surface area contributed by atoms with Gasteiger partial charge in [-0.15, -0.1) is 0 Å². The predicted octanol–water partition coefficient (Wildman–Crippen LogP) is 2.57. The summed E-state index contributed by atoms with van der Waals surface area (Å²) in [6.45, 7) is 10.3. The molecule has 0 aromatic heterocycles. The summed E-state index contributed by atoms with van der Waals surface area (Å²) in [6.07, 6.45) is 2.58. The van der Waals surface area contributed by atoms with Crippen LogP contribution in [0.5, 0.6) is 0 Å². The SMILES string of the molecule is CSC(C)C1OCCOC1C(C)(C)C. The second kappa shape index (κ2) is 4.86. The predicted molar refractivity (Wildman–Crippen MR) is 61.9 cm³/mol. The standard InChI is InChI=1S/C11H22O2S/c1-8(14-5)9-10(11(2,3)4)13-7-6-12-9/h8-10H,6-7H2,1-5H3. The summed E-state index contributed by atoms with van der Waals surface area (Å²) in [6, 6.07) is 0. The van der Waals surface area contributed by atoms with Gasteiger partial charge in [-0.25, -0.2) is 0 Å². The fourth-order valence-electron chi connectivity index (χ4n) is 1.80. The Balaban J connectivity index is 2.69. The van der Waals surface area contributed by atoms with Crippen molar-refractivity contribution in [3.63, 3.8) is 0 Å². The highest BCUT2D eigenvalue weighted by atomic mass is 32.2. The Morgan fingerprint density at radius 1 is 1.21 bits per heavy atom. The Labute approximate surface area is 91.7 Å². The van der Waals surface area contributed by atoms with Crippen molar-refractivity contribution in [1.29, 1.82) is 0 Å². The van der Waals surface area contributed by atoms with Gasteiger partial charge in [0.1, 0.15) is 0 Å². The second-order valence-electron chi connectivity index (χ2n) is 4.93. The first-order valence-corrected chi connectivity index (χ1v) is 6.51. The van der Waals surface area contributed by atoms with Crippen molar-refractivity contribution in [2.24, 2.45) is 5.41 Å². The minimum atomic E-state index is 0.162. The van der Waals surface area contributed by atoms with Crippen molar-refractivity contribution in [3.8, 4) is 0 Å². The third-order valence-electron chi connectivity index (χ3n) is 2.68. The van der Waals surface area contributed by atoms with Gasteiger partial charge in [-0.3, -0.25) is 0 Å². The van der Waals surface area contributed by atoms with E-state index in [0.717, 1.165) is 13.2 Å². The maximum atomic E-state index is 5.84. The molecule has 0 saturated carbocycles. The van der Waals surface area contributed by atoms with Gasteiger partial charge in [0.15, 0.2) is 0 Å². The monoisotopic (exact) mass is 218 g/mol. The van der Waals surface area contributed by atoms with E-state index in [2.05, 4.69) is 34.0 Å². The molecule has 1 aliphatic rings. The molecule has 0 aromatic carbocycles. The van der Waals surface area contributed by atoms with Crippen LogP contribution in [0.3, 0.4) is 0 Å². The van der Waals surface area contributed by atoms with Crippen LogP contribution in [0.4, 0.5) is 0 Å². The second-order valence-corrected chi connectivity index (χ2v) is 6.15. The topological polar surface area (TPSA) is 18.5 Å². The number of rotatable bonds is 2. The molecular weight excluding hydrogens is 196 g/mol. The summed E-state index contributed by atoms with van der Waals surface area (Å²) in [4.78, 5) is 0. The van der Waals surface area contributed by atoms with Gasteiger partial charge in [0.05, 0.1) is 25.4 Å². The largest absolute Gasteiger partial charge is 0.373 e. The molecule has 0 amide bonds. The average molecular weight is 218 g/mol. The van der Waals surface area contributed by atoms with E-state index in [0.29, 0.717) is 5.25 Å². The molecule has 3 unspecified atom stereocenters. The van der Waals surface area contributed by atoms with Gasteiger partial charge in [0.25, 0.3) is 0 Å². The van der Waals surface area contributed by atoms with E-state index in [-0.39, 0.29) is 17.6 Å². The maximum absolute atomic E-state index is 5.84. The van der Waals surface area contributed by atoms with Crippen LogP contribution in [0.2, 0.25) is 0 Å². The van der Waals surface area contributed by atoms with Gasteiger partial charge in [-0.1, -0.05) is 27.7 Å². The lowest BCUT2D eigenvalue weighted by Crippen LogP contribution is -2.50. The van der Waals surface area contributed by atoms with E-state index >= 15 is 0 Å². The van der Waals surface area contributed by atoms with Crippen molar-refractivity contribution >= 4 is 11.8 Å². The fraction of sp³-hybridized carbons (Fsp3) is 1.00. The van der Waals surface area contributed by atoms with Crippen molar-refractivity contribution in [2.45, 2.75) is 45.2 Å². The first-order chi connectivity index (χ1) is 6.46. The summed E-state index contributed by atoms with van der Waals surface area (Å²) in [7, 11) is 0. The molecule has 3 heteroatoms. The summed E-state index contributed by atoms with van der Waals surface area (Å²) in [5.41, 5.74) is 0.162. The van der Waals surface area contributed by atoms with E-state index in [1.54, 1.807) is 0 Å². The Kier molecular flexibility index (Phi) is 4.29. The third kappa shape index (κ3) is 2.88. The molecule has 1 fully saturated rings. The van der Waals surface area contributed by atoms with Crippen LogP contribution in [0.25, 0.3) is 0 Å². The molecule has 0 aliphatic carbocycles. The Morgan fingerprint density at radius 3 is 2.29 bits per heavy atom. The summed E-state index contributed by atoms with van der Waals surface area (Å²) in [5, 5.41) is 0.500. The zero-order chi connectivity index (χ0) is 10.8. The zero-order valence-corrected chi connectivity index (χ0v) is 10.7. The Morgan fingerprint density at radius 2 is 1.79 bits per heavy atom. The highest BCUT2D eigenvalue weighted by molar-refractivity contribution is 7.99. The molecule has 1 saturated heterocycles. The molecule has 1 aliphatic heterocycles. The highest BCUT2D eigenvalue weighted by Crippen LogP contribution is 2.32. The van der Waals surface area contributed by atoms with E-state index in [4.69, 9.17) is 9.47 Å². The van der Waals surface area contributed by atoms with Crippen molar-refractivity contribution in [3.05, 3.63) is 0 Å². The smallest absolute Gasteiger partial charge is 0.0958 e. The molecule has 2 nitrogen and oxygen atoms in total. The van der Waals surface area contributed by atoms with E-state index in [1.165, 1.54) is 0 Å². The van der Waals surface area contributed by atoms with Crippen molar-refractivity contribution < 1.29 is 9.47 Å². The van der Waals surface area contributed by atoms with Crippen LogP contribution in [0.15, 0.2) is 0 Å². The molecule has 3 atom stereocenters. The third-order valence-corrected chi connectivity index (χ3v) is 3.69. The van der Waals surface area contributed by atoms with Crippen LogP contribution in [0, 0.1) is 5.41 Å². The van der Waals surface area contributed by atoms with Crippen LogP contribution in [0.1, 0.15) is 27.7 Å². The van der Waals surface area contributed by atoms with Gasteiger partial charge in [0.2, 0.25) is 0 Å². The Hall–Kier alpha value is 0.270. The molecular formula is C11H22O2S. The summed E-state index contributed by atoms with van der Waals surface area (Å²) in [5.74, 6) is 0. The molecule has 0 N–H and O–H groups in total. The fourth-order valence-corrected chi connectivity index (χ4v) is 2.29. The van der Waals surface area contributed by atoms with Gasteiger partial charge < -0.3 is 9.47 Å². The van der Waals surface area contributed by atoms with Gasteiger partial charge in [-0.2, -0.15) is 11.8 Å². The lowest BCUT2D eigenvalue weighted by molar-refractivity contribution is -0.172. The average Bonchev–Trinajstić information content (AvgIpc) is 2.15. The number of ether oxygens (including phenoxy) is 2. The van der Waals surface area contributed by atoms with E-state index in [9.17, 15) is 0 Å². The van der Waals surface area contributed by atoms with Crippen LogP contribution in [-0.2, 0) is 9.47 Å². The van der Waals surface area contributed by atoms with Gasteiger partial charge in [0, 0.05) is 5.25 Å². The van der Waals surface area contributed by atoms with E-state index < -0.39 is 0 Å². The minimum Gasteiger partial charge on any atom is -0.373 e. The molecule has 84 valence electrons. The first-order valence-electron chi connectivity index (χ1n) is 5.23. The van der Waals surface area contributed by atoms with Crippen LogP contribution >= 0.6 is 11.8 Å². The lowest BCUT2D eigenvalue weighted by atomic mass is 9.84. The molecule has 0 spiro atoms. The summed E-state index contributed by atoms with van der Waals surface area (Å²) < 4.78 is 11.7. The van der Waals surface area contributed by atoms with Crippen molar-refractivity contribution in [2.75, 3.05) is 19.5 Å². The quantitative estimate of drug-likeness (QED) is 0.710. The van der Waals surface area contributed by atoms with Gasteiger partial charge in [-0.05, 0) is 11.7 Å². The molecule has 14 heavy (non-hydrogen) atoms. The normalized spacial score (nSPS) is 31.5. The van der Waals surface area contributed by atoms with Crippen molar-refractivity contribution in [1.82, 2.24) is 0 Å². The molecule has 0 bridgehead atoms. The lowest BCUT2D eigenvalue weighted by Gasteiger charge is -2.42. The first kappa shape index (κ1) is 12.3. The Bertz CT molecular complexity index is 177. The number of hydrogen-bond acceptors (Lipinski definition) is 3. The van der Waals surface area contributed by atoms with E-state index in [1.807, 2.05) is 11.8 Å². The zero-order valence-electron chi connectivity index (χ0n) is 9.87.